The van der Waals surface area contributed by atoms with Crippen molar-refractivity contribution in [1.29, 1.82) is 0 Å². The Morgan fingerprint density at radius 1 is 1.07 bits per heavy atom. The first-order valence-corrected chi connectivity index (χ1v) is 8.60. The largest absolute Gasteiger partial charge is 0.493 e. The van der Waals surface area contributed by atoms with E-state index in [0.29, 0.717) is 30.0 Å². The molecule has 0 fully saturated rings. The first kappa shape index (κ1) is 21.0. The molecule has 0 aromatic heterocycles. The van der Waals surface area contributed by atoms with Crippen molar-refractivity contribution in [2.45, 2.75) is 6.42 Å². The molecule has 1 amide bonds. The highest BCUT2D eigenvalue weighted by Crippen LogP contribution is 2.27. The monoisotopic (exact) mass is 387 g/mol. The molecule has 0 heterocycles. The minimum Gasteiger partial charge on any atom is -0.493 e. The molecule has 6 nitrogen and oxygen atoms in total. The number of halogens is 1. The summed E-state index contributed by atoms with van der Waals surface area (Å²) in [5, 5.41) is 2.67. The van der Waals surface area contributed by atoms with Crippen LogP contribution >= 0.6 is 0 Å². The lowest BCUT2D eigenvalue weighted by atomic mass is 10.1. The second-order valence-corrected chi connectivity index (χ2v) is 5.79. The van der Waals surface area contributed by atoms with Gasteiger partial charge in [-0.15, -0.1) is 0 Å². The molecule has 0 aliphatic rings. The molecule has 1 N–H and O–H groups in total. The molecule has 0 aliphatic heterocycles. The molecular weight excluding hydrogens is 365 g/mol. The van der Waals surface area contributed by atoms with E-state index in [1.54, 1.807) is 26.4 Å². The summed E-state index contributed by atoms with van der Waals surface area (Å²) in [6.07, 6.45) is 3.14. The summed E-state index contributed by atoms with van der Waals surface area (Å²) in [5.74, 6) is -0.240. The normalized spacial score (nSPS) is 10.5. The van der Waals surface area contributed by atoms with Gasteiger partial charge in [-0.05, 0) is 47.9 Å². The predicted molar refractivity (Wildman–Crippen MR) is 103 cm³/mol. The van der Waals surface area contributed by atoms with Gasteiger partial charge in [-0.25, -0.2) is 9.18 Å². The van der Waals surface area contributed by atoms with Crippen LogP contribution in [0.25, 0.3) is 6.08 Å². The molecule has 0 radical (unpaired) electrons. The summed E-state index contributed by atoms with van der Waals surface area (Å²) in [4.78, 5) is 23.4. The molecule has 0 unspecified atom stereocenters. The van der Waals surface area contributed by atoms with Crippen molar-refractivity contribution in [3.05, 3.63) is 65.5 Å². The number of benzene rings is 2. The van der Waals surface area contributed by atoms with Gasteiger partial charge in [0.1, 0.15) is 5.82 Å². The maximum Gasteiger partial charge on any atom is 0.331 e. The number of amides is 1. The average molecular weight is 387 g/mol. The Balaban J connectivity index is 1.72. The average Bonchev–Trinajstić information content (AvgIpc) is 2.70. The predicted octanol–water partition coefficient (Wildman–Crippen LogP) is 2.76. The molecule has 2 aromatic rings. The molecule has 0 saturated heterocycles. The van der Waals surface area contributed by atoms with Gasteiger partial charge in [-0.2, -0.15) is 0 Å². The van der Waals surface area contributed by atoms with Crippen LogP contribution in [0.5, 0.6) is 11.5 Å². The standard InChI is InChI=1S/C21H22FNO5/c1-26-18-8-6-16(13-19(18)27-2)10-11-23-20(24)14-28-21(25)9-7-15-4-3-5-17(22)12-15/h3-9,12-13H,10-11,14H2,1-2H3,(H,23,24)/b9-7+. The lowest BCUT2D eigenvalue weighted by Crippen LogP contribution is -2.30. The van der Waals surface area contributed by atoms with Crippen LogP contribution in [0.15, 0.2) is 48.5 Å². The van der Waals surface area contributed by atoms with Crippen LogP contribution in [0.1, 0.15) is 11.1 Å². The third-order valence-corrected chi connectivity index (χ3v) is 3.79. The summed E-state index contributed by atoms with van der Waals surface area (Å²) >= 11 is 0. The second-order valence-electron chi connectivity index (χ2n) is 5.79. The fourth-order valence-electron chi connectivity index (χ4n) is 2.39. The van der Waals surface area contributed by atoms with Crippen molar-refractivity contribution in [2.24, 2.45) is 0 Å². The van der Waals surface area contributed by atoms with Crippen LogP contribution in [0.3, 0.4) is 0 Å². The zero-order valence-corrected chi connectivity index (χ0v) is 15.7. The summed E-state index contributed by atoms with van der Waals surface area (Å²) in [6, 6.07) is 11.3. The van der Waals surface area contributed by atoms with Gasteiger partial charge < -0.3 is 19.5 Å². The van der Waals surface area contributed by atoms with Gasteiger partial charge in [0, 0.05) is 12.6 Å². The maximum absolute atomic E-state index is 13.1. The molecule has 0 aliphatic carbocycles. The Kier molecular flexibility index (Phi) is 8.02. The Bertz CT molecular complexity index is 850. The van der Waals surface area contributed by atoms with Crippen molar-refractivity contribution in [3.8, 4) is 11.5 Å². The third-order valence-electron chi connectivity index (χ3n) is 3.79. The van der Waals surface area contributed by atoms with Crippen molar-refractivity contribution in [2.75, 3.05) is 27.4 Å². The topological polar surface area (TPSA) is 73.9 Å². The molecule has 7 heteroatoms. The van der Waals surface area contributed by atoms with E-state index in [1.807, 2.05) is 12.1 Å². The van der Waals surface area contributed by atoms with Gasteiger partial charge in [0.2, 0.25) is 0 Å². The first-order valence-electron chi connectivity index (χ1n) is 8.60. The number of rotatable bonds is 9. The molecule has 2 aromatic carbocycles. The lowest BCUT2D eigenvalue weighted by molar-refractivity contribution is -0.143. The minimum atomic E-state index is -0.681. The maximum atomic E-state index is 13.1. The zero-order chi connectivity index (χ0) is 20.4. The summed E-state index contributed by atoms with van der Waals surface area (Å²) < 4.78 is 28.3. The number of nitrogens with one attached hydrogen (secondary N) is 1. The zero-order valence-electron chi connectivity index (χ0n) is 15.7. The molecular formula is C21H22FNO5. The number of carbonyl (C=O) groups excluding carboxylic acids is 2. The number of hydrogen-bond acceptors (Lipinski definition) is 5. The highest BCUT2D eigenvalue weighted by Gasteiger charge is 2.07. The van der Waals surface area contributed by atoms with Gasteiger partial charge in [-0.3, -0.25) is 4.79 Å². The molecule has 0 bridgehead atoms. The molecule has 0 atom stereocenters. The van der Waals surface area contributed by atoms with E-state index in [1.165, 1.54) is 24.3 Å². The molecule has 148 valence electrons. The Morgan fingerprint density at radius 2 is 1.86 bits per heavy atom. The van der Waals surface area contributed by atoms with Crippen LogP contribution in [-0.4, -0.2) is 39.2 Å². The van der Waals surface area contributed by atoms with Crippen molar-refractivity contribution >= 4 is 18.0 Å². The van der Waals surface area contributed by atoms with Crippen LogP contribution in [0.4, 0.5) is 4.39 Å². The molecule has 2 rings (SSSR count). The van der Waals surface area contributed by atoms with Crippen molar-refractivity contribution in [3.63, 3.8) is 0 Å². The van der Waals surface area contributed by atoms with E-state index in [2.05, 4.69) is 5.32 Å². The van der Waals surface area contributed by atoms with Crippen LogP contribution in [0, 0.1) is 5.82 Å². The fourth-order valence-corrected chi connectivity index (χ4v) is 2.39. The number of esters is 1. The van der Waals surface area contributed by atoms with E-state index in [4.69, 9.17) is 14.2 Å². The van der Waals surface area contributed by atoms with E-state index < -0.39 is 24.3 Å². The number of methoxy groups -OCH3 is 2. The Hall–Kier alpha value is -3.35. The van der Waals surface area contributed by atoms with Crippen molar-refractivity contribution < 1.29 is 28.2 Å². The van der Waals surface area contributed by atoms with Crippen LogP contribution < -0.4 is 14.8 Å². The van der Waals surface area contributed by atoms with E-state index >= 15 is 0 Å². The third kappa shape index (κ3) is 6.75. The quantitative estimate of drug-likeness (QED) is 0.529. The first-order chi connectivity index (χ1) is 13.5. The van der Waals surface area contributed by atoms with Crippen LogP contribution in [-0.2, 0) is 20.7 Å². The van der Waals surface area contributed by atoms with Gasteiger partial charge in [-0.1, -0.05) is 18.2 Å². The van der Waals surface area contributed by atoms with E-state index in [-0.39, 0.29) is 0 Å². The summed E-state index contributed by atoms with van der Waals surface area (Å²) in [7, 11) is 3.12. The Morgan fingerprint density at radius 3 is 2.57 bits per heavy atom. The van der Waals surface area contributed by atoms with E-state index in [9.17, 15) is 14.0 Å². The summed E-state index contributed by atoms with van der Waals surface area (Å²) in [5.41, 5.74) is 1.49. The molecule has 0 saturated carbocycles. The number of hydrogen-bond donors (Lipinski definition) is 1. The molecule has 28 heavy (non-hydrogen) atoms. The highest BCUT2D eigenvalue weighted by atomic mass is 19.1. The smallest absolute Gasteiger partial charge is 0.331 e. The summed E-state index contributed by atoms with van der Waals surface area (Å²) in [6.45, 7) is -0.0107. The second kappa shape index (κ2) is 10.7. The SMILES string of the molecule is COc1ccc(CCNC(=O)COC(=O)/C=C/c2cccc(F)c2)cc1OC. The van der Waals surface area contributed by atoms with Crippen molar-refractivity contribution in [1.82, 2.24) is 5.32 Å². The van der Waals surface area contributed by atoms with Gasteiger partial charge in [0.05, 0.1) is 14.2 Å². The van der Waals surface area contributed by atoms with Gasteiger partial charge in [0.15, 0.2) is 18.1 Å². The minimum absolute atomic E-state index is 0.380. The molecule has 0 spiro atoms. The highest BCUT2D eigenvalue weighted by molar-refractivity contribution is 5.89. The van der Waals surface area contributed by atoms with E-state index in [0.717, 1.165) is 11.6 Å². The number of ether oxygens (including phenoxy) is 3. The lowest BCUT2D eigenvalue weighted by Gasteiger charge is -2.10. The fraction of sp³-hybridized carbons (Fsp3) is 0.238. The Labute approximate surface area is 162 Å². The number of carbonyl (C=O) groups is 2. The van der Waals surface area contributed by atoms with Gasteiger partial charge >= 0.3 is 5.97 Å². The van der Waals surface area contributed by atoms with Gasteiger partial charge in [0.25, 0.3) is 5.91 Å². The van der Waals surface area contributed by atoms with Crippen LogP contribution in [0.2, 0.25) is 0 Å².